The van der Waals surface area contributed by atoms with Crippen LogP contribution < -0.4 is 0 Å². The molecule has 0 saturated carbocycles. The number of amides is 1. The van der Waals surface area contributed by atoms with Gasteiger partial charge in [-0.3, -0.25) is 9.69 Å². The lowest BCUT2D eigenvalue weighted by atomic mass is 10.2. The van der Waals surface area contributed by atoms with Crippen LogP contribution in [0.1, 0.15) is 26.7 Å². The van der Waals surface area contributed by atoms with Gasteiger partial charge in [-0.1, -0.05) is 13.8 Å². The normalized spacial score (nSPS) is 26.6. The predicted molar refractivity (Wildman–Crippen MR) is 58.9 cm³/mol. The van der Waals surface area contributed by atoms with Gasteiger partial charge >= 0.3 is 0 Å². The molecule has 2 fully saturated rings. The fourth-order valence-electron chi connectivity index (χ4n) is 2.21. The molecule has 2 rings (SSSR count). The van der Waals surface area contributed by atoms with Crippen LogP contribution in [0.5, 0.6) is 0 Å². The molecule has 14 heavy (non-hydrogen) atoms. The second kappa shape index (κ2) is 3.50. The highest BCUT2D eigenvalue weighted by Crippen LogP contribution is 2.27. The fourth-order valence-corrected chi connectivity index (χ4v) is 2.60. The maximum atomic E-state index is 11.9. The zero-order valence-corrected chi connectivity index (χ0v) is 9.51. The number of rotatable bonds is 2. The molecule has 0 aromatic carbocycles. The quantitative estimate of drug-likeness (QED) is 0.643. The fraction of sp³-hybridized carbons (Fsp3) is 0.800. The molecule has 0 aromatic heterocycles. The van der Waals surface area contributed by atoms with E-state index in [1.54, 1.807) is 4.90 Å². The summed E-state index contributed by atoms with van der Waals surface area (Å²) in [7, 11) is 0. The van der Waals surface area contributed by atoms with E-state index in [1.165, 1.54) is 0 Å². The van der Waals surface area contributed by atoms with E-state index in [2.05, 4.69) is 18.7 Å². The molecule has 2 heterocycles. The van der Waals surface area contributed by atoms with Gasteiger partial charge in [0.1, 0.15) is 6.04 Å². The molecule has 78 valence electrons. The van der Waals surface area contributed by atoms with E-state index in [-0.39, 0.29) is 11.9 Å². The number of carbonyl (C=O) groups is 1. The van der Waals surface area contributed by atoms with Gasteiger partial charge in [-0.15, -0.1) is 0 Å². The Bertz CT molecular complexity index is 255. The smallest absolute Gasteiger partial charge is 0.251 e. The summed E-state index contributed by atoms with van der Waals surface area (Å²) in [5.74, 6) is 0.707. The molecule has 1 amide bonds. The molecule has 1 atom stereocenters. The third-order valence-corrected chi connectivity index (χ3v) is 3.28. The van der Waals surface area contributed by atoms with Crippen LogP contribution in [0.25, 0.3) is 0 Å². The zero-order chi connectivity index (χ0) is 10.3. The molecule has 4 heteroatoms. The molecule has 0 aliphatic carbocycles. The lowest BCUT2D eigenvalue weighted by Crippen LogP contribution is -2.35. The average Bonchev–Trinajstić information content (AvgIpc) is 2.65. The van der Waals surface area contributed by atoms with Crippen molar-refractivity contribution in [1.82, 2.24) is 9.80 Å². The maximum absolute atomic E-state index is 11.9. The van der Waals surface area contributed by atoms with Crippen LogP contribution >= 0.6 is 12.2 Å². The average molecular weight is 212 g/mol. The Morgan fingerprint density at radius 2 is 2.29 bits per heavy atom. The third-order valence-electron chi connectivity index (χ3n) is 2.83. The Labute approximate surface area is 90.1 Å². The van der Waals surface area contributed by atoms with Crippen molar-refractivity contribution >= 4 is 23.2 Å². The largest absolute Gasteiger partial charge is 0.337 e. The Balaban J connectivity index is 2.13. The molecule has 3 nitrogen and oxygen atoms in total. The Kier molecular flexibility index (Phi) is 2.47. The molecule has 0 bridgehead atoms. The molecule has 0 spiro atoms. The molecule has 0 N–H and O–H groups in total. The first-order valence-corrected chi connectivity index (χ1v) is 5.64. The van der Waals surface area contributed by atoms with Gasteiger partial charge in [0.25, 0.3) is 5.91 Å². The van der Waals surface area contributed by atoms with Crippen molar-refractivity contribution in [3.05, 3.63) is 0 Å². The van der Waals surface area contributed by atoms with E-state index in [4.69, 9.17) is 12.2 Å². The van der Waals surface area contributed by atoms with Crippen LogP contribution in [0, 0.1) is 5.92 Å². The molecule has 2 aliphatic heterocycles. The van der Waals surface area contributed by atoms with E-state index in [0.29, 0.717) is 5.92 Å². The molecular formula is C10H16N2OS. The Morgan fingerprint density at radius 3 is 2.86 bits per heavy atom. The molecule has 2 aliphatic rings. The third kappa shape index (κ3) is 1.41. The zero-order valence-electron chi connectivity index (χ0n) is 8.69. The van der Waals surface area contributed by atoms with Gasteiger partial charge in [0.15, 0.2) is 5.11 Å². The van der Waals surface area contributed by atoms with Crippen molar-refractivity contribution < 1.29 is 4.79 Å². The first-order valence-electron chi connectivity index (χ1n) is 5.23. The topological polar surface area (TPSA) is 23.6 Å². The number of hydrogen-bond donors (Lipinski definition) is 0. The van der Waals surface area contributed by atoms with Crippen molar-refractivity contribution in [2.75, 3.05) is 13.1 Å². The predicted octanol–water partition coefficient (Wildman–Crippen LogP) is 1.23. The minimum absolute atomic E-state index is 0.0706. The van der Waals surface area contributed by atoms with Crippen molar-refractivity contribution in [1.29, 1.82) is 0 Å². The summed E-state index contributed by atoms with van der Waals surface area (Å²) >= 11 is 5.30. The Hall–Kier alpha value is -0.640. The van der Waals surface area contributed by atoms with Crippen LogP contribution in [0.3, 0.4) is 0 Å². The highest BCUT2D eigenvalue weighted by atomic mass is 32.1. The standard InChI is InChI=1S/C10H16N2OS/c1-7(2)6-12-9(13)8-4-3-5-11(8)10(12)14/h7-8H,3-6H2,1-2H3. The van der Waals surface area contributed by atoms with E-state index in [0.717, 1.165) is 31.0 Å². The first kappa shape index (κ1) is 9.90. The summed E-state index contributed by atoms with van der Waals surface area (Å²) in [6, 6.07) is 0.0706. The van der Waals surface area contributed by atoms with E-state index in [1.807, 2.05) is 0 Å². The number of nitrogens with zero attached hydrogens (tertiary/aromatic N) is 2. The molecule has 2 saturated heterocycles. The monoisotopic (exact) mass is 212 g/mol. The van der Waals surface area contributed by atoms with E-state index in [9.17, 15) is 4.79 Å². The van der Waals surface area contributed by atoms with Crippen molar-refractivity contribution in [2.45, 2.75) is 32.7 Å². The Morgan fingerprint density at radius 1 is 1.57 bits per heavy atom. The minimum Gasteiger partial charge on any atom is -0.337 e. The van der Waals surface area contributed by atoms with Crippen LogP contribution in [0.15, 0.2) is 0 Å². The summed E-state index contributed by atoms with van der Waals surface area (Å²) in [6.07, 6.45) is 2.08. The summed E-state index contributed by atoms with van der Waals surface area (Å²) in [5.41, 5.74) is 0. The summed E-state index contributed by atoms with van der Waals surface area (Å²) < 4.78 is 0. The summed E-state index contributed by atoms with van der Waals surface area (Å²) in [4.78, 5) is 15.8. The highest BCUT2D eigenvalue weighted by molar-refractivity contribution is 7.80. The van der Waals surface area contributed by atoms with E-state index >= 15 is 0 Å². The maximum Gasteiger partial charge on any atom is 0.251 e. The second-order valence-corrected chi connectivity index (χ2v) is 4.84. The van der Waals surface area contributed by atoms with Gasteiger partial charge in [-0.2, -0.15) is 0 Å². The first-order chi connectivity index (χ1) is 6.61. The van der Waals surface area contributed by atoms with Crippen LogP contribution in [-0.4, -0.2) is 40.0 Å². The van der Waals surface area contributed by atoms with Crippen LogP contribution in [0.4, 0.5) is 0 Å². The van der Waals surface area contributed by atoms with Crippen LogP contribution in [-0.2, 0) is 4.79 Å². The van der Waals surface area contributed by atoms with Gasteiger partial charge in [0.2, 0.25) is 0 Å². The van der Waals surface area contributed by atoms with E-state index < -0.39 is 0 Å². The number of hydrogen-bond acceptors (Lipinski definition) is 2. The summed E-state index contributed by atoms with van der Waals surface area (Å²) in [5, 5.41) is 0.756. The SMILES string of the molecule is CC(C)CN1C(=O)C2CCCN2C1=S. The molecular weight excluding hydrogens is 196 g/mol. The van der Waals surface area contributed by atoms with Crippen LogP contribution in [0.2, 0.25) is 0 Å². The van der Waals surface area contributed by atoms with Gasteiger partial charge < -0.3 is 4.90 Å². The van der Waals surface area contributed by atoms with Crippen molar-refractivity contribution in [2.24, 2.45) is 5.92 Å². The lowest BCUT2D eigenvalue weighted by molar-refractivity contribution is -0.128. The van der Waals surface area contributed by atoms with Gasteiger partial charge in [0, 0.05) is 13.1 Å². The van der Waals surface area contributed by atoms with Crippen molar-refractivity contribution in [3.8, 4) is 0 Å². The number of fused-ring (bicyclic) bond motifs is 1. The summed E-state index contributed by atoms with van der Waals surface area (Å²) in [6.45, 7) is 5.95. The highest BCUT2D eigenvalue weighted by Gasteiger charge is 2.44. The minimum atomic E-state index is 0.0706. The number of carbonyl (C=O) groups excluding carboxylic acids is 1. The van der Waals surface area contributed by atoms with Crippen molar-refractivity contribution in [3.63, 3.8) is 0 Å². The lowest BCUT2D eigenvalue weighted by Gasteiger charge is -2.20. The number of thiocarbonyl (C=S) groups is 1. The van der Waals surface area contributed by atoms with Gasteiger partial charge in [-0.25, -0.2) is 0 Å². The molecule has 0 radical (unpaired) electrons. The van der Waals surface area contributed by atoms with Gasteiger partial charge in [0.05, 0.1) is 0 Å². The second-order valence-electron chi connectivity index (χ2n) is 4.48. The molecule has 0 aromatic rings. The van der Waals surface area contributed by atoms with Gasteiger partial charge in [-0.05, 0) is 31.0 Å². The molecule has 1 unspecified atom stereocenters.